The van der Waals surface area contributed by atoms with Crippen LogP contribution in [0.1, 0.15) is 23.9 Å². The molecule has 27 heavy (non-hydrogen) atoms. The van der Waals surface area contributed by atoms with Gasteiger partial charge in [-0.3, -0.25) is 15.1 Å². The van der Waals surface area contributed by atoms with E-state index in [1.54, 1.807) is 35.4 Å². The number of para-hydroxylation sites is 1. The van der Waals surface area contributed by atoms with Crippen molar-refractivity contribution in [2.45, 2.75) is 20.8 Å². The van der Waals surface area contributed by atoms with Crippen LogP contribution >= 0.6 is 11.8 Å². The predicted molar refractivity (Wildman–Crippen MR) is 107 cm³/mol. The van der Waals surface area contributed by atoms with Crippen molar-refractivity contribution in [2.75, 3.05) is 0 Å². The Labute approximate surface area is 160 Å². The summed E-state index contributed by atoms with van der Waals surface area (Å²) in [6.45, 7) is 5.66. The number of allylic oxidation sites excluding steroid dienone is 1. The van der Waals surface area contributed by atoms with Gasteiger partial charge in [-0.25, -0.2) is 4.39 Å². The smallest absolute Gasteiger partial charge is 0.283 e. The number of aliphatic imine (C=N–C) groups is 1. The van der Waals surface area contributed by atoms with E-state index in [9.17, 15) is 9.18 Å². The van der Waals surface area contributed by atoms with Crippen LogP contribution in [0.2, 0.25) is 0 Å². The molecule has 7 heteroatoms. The second-order valence-electron chi connectivity index (χ2n) is 6.43. The number of carbonyl (C=O) groups excluding carboxylic acids is 1. The highest BCUT2D eigenvalue weighted by Gasteiger charge is 2.33. The molecule has 4 rings (SSSR count). The monoisotopic (exact) mass is 380 g/mol. The first-order valence-corrected chi connectivity index (χ1v) is 9.21. The normalized spacial score (nSPS) is 18.1. The lowest BCUT2D eigenvalue weighted by atomic mass is 10.1. The topological polar surface area (TPSA) is 61.5 Å². The fraction of sp³-hybridized carbons (Fsp3) is 0.150. The Morgan fingerprint density at radius 2 is 1.96 bits per heavy atom. The van der Waals surface area contributed by atoms with Crippen LogP contribution in [0.15, 0.2) is 52.0 Å². The van der Waals surface area contributed by atoms with Gasteiger partial charge in [0.15, 0.2) is 5.17 Å². The van der Waals surface area contributed by atoms with Gasteiger partial charge >= 0.3 is 0 Å². The maximum Gasteiger partial charge on any atom is 0.283 e. The van der Waals surface area contributed by atoms with Crippen molar-refractivity contribution in [2.24, 2.45) is 4.99 Å². The molecular weight excluding hydrogens is 363 g/mol. The highest BCUT2D eigenvalue weighted by atomic mass is 32.2. The summed E-state index contributed by atoms with van der Waals surface area (Å²) in [5, 5.41) is 8.91. The van der Waals surface area contributed by atoms with Crippen molar-refractivity contribution < 1.29 is 9.18 Å². The highest BCUT2D eigenvalue weighted by Crippen LogP contribution is 2.33. The van der Waals surface area contributed by atoms with Gasteiger partial charge in [0.1, 0.15) is 11.7 Å². The molecule has 2 aliphatic heterocycles. The number of halogens is 1. The molecule has 0 saturated heterocycles. The van der Waals surface area contributed by atoms with Gasteiger partial charge in [-0.2, -0.15) is 4.99 Å². The predicted octanol–water partition coefficient (Wildman–Crippen LogP) is 4.40. The number of aromatic nitrogens is 1. The number of amidine groups is 2. The molecule has 0 unspecified atom stereocenters. The molecule has 0 aliphatic carbocycles. The van der Waals surface area contributed by atoms with Gasteiger partial charge in [-0.1, -0.05) is 23.9 Å². The van der Waals surface area contributed by atoms with Gasteiger partial charge in [0, 0.05) is 22.5 Å². The number of amides is 1. The minimum Gasteiger partial charge on any atom is -0.315 e. The molecule has 1 aromatic heterocycles. The van der Waals surface area contributed by atoms with Gasteiger partial charge in [-0.05, 0) is 50.6 Å². The number of hydrogen-bond donors (Lipinski definition) is 1. The number of aryl methyl sites for hydroxylation is 1. The summed E-state index contributed by atoms with van der Waals surface area (Å²) in [7, 11) is 0. The van der Waals surface area contributed by atoms with Gasteiger partial charge in [-0.15, -0.1) is 0 Å². The molecule has 2 aliphatic rings. The van der Waals surface area contributed by atoms with Crippen molar-refractivity contribution in [3.05, 3.63) is 69.8 Å². The van der Waals surface area contributed by atoms with Gasteiger partial charge in [0.05, 0.1) is 11.3 Å². The van der Waals surface area contributed by atoms with Gasteiger partial charge < -0.3 is 4.57 Å². The molecular formula is C20H17FN4OS. The van der Waals surface area contributed by atoms with E-state index in [1.807, 2.05) is 31.4 Å². The number of carbonyl (C=O) groups is 1. The molecule has 1 aromatic carbocycles. The Balaban J connectivity index is 1.80. The fourth-order valence-electron chi connectivity index (χ4n) is 3.29. The molecule has 5 nitrogen and oxygen atoms in total. The van der Waals surface area contributed by atoms with Crippen LogP contribution < -0.4 is 0 Å². The second-order valence-corrected chi connectivity index (χ2v) is 7.64. The quantitative estimate of drug-likeness (QED) is 0.786. The third kappa shape index (κ3) is 2.84. The lowest BCUT2D eigenvalue weighted by Crippen LogP contribution is -2.35. The van der Waals surface area contributed by atoms with Crippen LogP contribution in [0.25, 0.3) is 11.8 Å². The Morgan fingerprint density at radius 3 is 2.70 bits per heavy atom. The maximum absolute atomic E-state index is 14.3. The molecule has 0 radical (unpaired) electrons. The van der Waals surface area contributed by atoms with Crippen LogP contribution in [-0.4, -0.2) is 26.4 Å². The minimum atomic E-state index is -0.433. The van der Waals surface area contributed by atoms with E-state index in [1.165, 1.54) is 17.8 Å². The lowest BCUT2D eigenvalue weighted by molar-refractivity contribution is -0.114. The Hall–Kier alpha value is -2.93. The van der Waals surface area contributed by atoms with Gasteiger partial charge in [0.25, 0.3) is 5.91 Å². The molecule has 2 aromatic rings. The van der Waals surface area contributed by atoms with Crippen LogP contribution in [0.3, 0.4) is 0 Å². The van der Waals surface area contributed by atoms with Crippen LogP contribution in [-0.2, 0) is 4.79 Å². The van der Waals surface area contributed by atoms with Crippen LogP contribution in [0.4, 0.5) is 4.39 Å². The van der Waals surface area contributed by atoms with Crippen molar-refractivity contribution in [3.63, 3.8) is 0 Å². The van der Waals surface area contributed by atoms with E-state index < -0.39 is 5.91 Å². The number of nitrogens with zero attached hydrogens (tertiary/aromatic N) is 3. The van der Waals surface area contributed by atoms with Crippen molar-refractivity contribution in [3.8, 4) is 5.69 Å². The average molecular weight is 380 g/mol. The largest absolute Gasteiger partial charge is 0.315 e. The van der Waals surface area contributed by atoms with Gasteiger partial charge in [0.2, 0.25) is 0 Å². The van der Waals surface area contributed by atoms with E-state index in [4.69, 9.17) is 5.41 Å². The van der Waals surface area contributed by atoms with Crippen molar-refractivity contribution >= 4 is 34.7 Å². The number of benzene rings is 1. The van der Waals surface area contributed by atoms with E-state index in [0.717, 1.165) is 21.9 Å². The standard InChI is InChI=1S/C20H17FN4OS/c1-11-8-14(13(3)25(11)17-7-5-4-6-16(17)21)9-15-18(22)24-10-12(2)27-20(24)23-19(15)26/h4-10,22H,1-3H3. The first-order valence-electron chi connectivity index (χ1n) is 8.40. The summed E-state index contributed by atoms with van der Waals surface area (Å²) >= 11 is 1.38. The van der Waals surface area contributed by atoms with E-state index >= 15 is 0 Å². The summed E-state index contributed by atoms with van der Waals surface area (Å²) < 4.78 is 16.1. The second kappa shape index (κ2) is 6.35. The Morgan fingerprint density at radius 1 is 1.22 bits per heavy atom. The van der Waals surface area contributed by atoms with E-state index in [2.05, 4.69) is 4.99 Å². The van der Waals surface area contributed by atoms with E-state index in [-0.39, 0.29) is 17.2 Å². The Bertz CT molecular complexity index is 1090. The zero-order chi connectivity index (χ0) is 19.3. The number of fused-ring (bicyclic) bond motifs is 1. The van der Waals surface area contributed by atoms with Crippen LogP contribution in [0.5, 0.6) is 0 Å². The summed E-state index contributed by atoms with van der Waals surface area (Å²) in [5.74, 6) is -0.647. The summed E-state index contributed by atoms with van der Waals surface area (Å²) in [6, 6.07) is 8.45. The zero-order valence-corrected chi connectivity index (χ0v) is 15.9. The molecule has 0 atom stereocenters. The van der Waals surface area contributed by atoms with Crippen molar-refractivity contribution in [1.82, 2.24) is 9.47 Å². The summed E-state index contributed by atoms with van der Waals surface area (Å²) in [5.41, 5.74) is 3.07. The molecule has 3 heterocycles. The first-order chi connectivity index (χ1) is 12.9. The zero-order valence-electron chi connectivity index (χ0n) is 15.1. The molecule has 0 saturated carbocycles. The number of rotatable bonds is 2. The number of thioether (sulfide) groups is 1. The van der Waals surface area contributed by atoms with E-state index in [0.29, 0.717) is 10.9 Å². The number of nitrogens with one attached hydrogen (secondary N) is 1. The fourth-order valence-corrected chi connectivity index (χ4v) is 4.11. The molecule has 0 fully saturated rings. The summed E-state index contributed by atoms with van der Waals surface area (Å²) in [6.07, 6.45) is 3.46. The first kappa shape index (κ1) is 17.5. The highest BCUT2D eigenvalue weighted by molar-refractivity contribution is 8.17. The average Bonchev–Trinajstić information content (AvgIpc) is 3.12. The molecule has 0 spiro atoms. The third-order valence-corrected chi connectivity index (χ3v) is 5.45. The lowest BCUT2D eigenvalue weighted by Gasteiger charge is -2.22. The minimum absolute atomic E-state index is 0.102. The Kier molecular flexibility index (Phi) is 4.11. The SMILES string of the molecule is CC1=CN2C(=N)C(=Cc3cc(C)n(-c4ccccc4F)c3C)C(=O)N=C2S1. The summed E-state index contributed by atoms with van der Waals surface area (Å²) in [4.78, 5) is 19.1. The molecule has 136 valence electrons. The maximum atomic E-state index is 14.3. The van der Waals surface area contributed by atoms with Crippen LogP contribution in [0, 0.1) is 25.1 Å². The third-order valence-electron chi connectivity index (χ3n) is 4.56. The van der Waals surface area contributed by atoms with Crippen molar-refractivity contribution in [1.29, 1.82) is 5.41 Å². The molecule has 1 amide bonds. The number of hydrogen-bond acceptors (Lipinski definition) is 3. The molecule has 1 N–H and O–H groups in total. The molecule has 0 bridgehead atoms.